The first-order chi connectivity index (χ1) is 15.6. The molecule has 2 aromatic carbocycles. The van der Waals surface area contributed by atoms with E-state index in [9.17, 15) is 4.39 Å². The molecule has 1 aliphatic heterocycles. The Morgan fingerprint density at radius 1 is 1.21 bits per heavy atom. The molecule has 3 N–H and O–H groups in total. The Morgan fingerprint density at radius 3 is 2.88 bits per heavy atom. The van der Waals surface area contributed by atoms with Crippen LogP contribution in [0.2, 0.25) is 0 Å². The molecule has 0 spiro atoms. The molecule has 1 aromatic heterocycles. The third-order valence-electron chi connectivity index (χ3n) is 5.81. The average molecular weight is 566 g/mol. The van der Waals surface area contributed by atoms with Gasteiger partial charge < -0.3 is 25.1 Å². The van der Waals surface area contributed by atoms with E-state index in [0.29, 0.717) is 31.6 Å². The summed E-state index contributed by atoms with van der Waals surface area (Å²) in [5.41, 5.74) is 4.28. The maximum atomic E-state index is 13.6. The number of aromatic amines is 1. The number of nitrogens with zero attached hydrogens (tertiary/aromatic N) is 1. The number of ether oxygens (including phenoxy) is 2. The van der Waals surface area contributed by atoms with Gasteiger partial charge in [-0.25, -0.2) is 4.39 Å². The number of hydrogen-bond acceptors (Lipinski definition) is 3. The number of rotatable bonds is 8. The maximum Gasteiger partial charge on any atom is 0.191 e. The molecule has 2 heterocycles. The molecule has 1 aliphatic rings. The van der Waals surface area contributed by atoms with Gasteiger partial charge in [0.2, 0.25) is 0 Å². The van der Waals surface area contributed by atoms with Crippen molar-refractivity contribution >= 4 is 40.8 Å². The van der Waals surface area contributed by atoms with E-state index >= 15 is 0 Å². The minimum Gasteiger partial charge on any atom is -0.493 e. The Labute approximate surface area is 211 Å². The summed E-state index contributed by atoms with van der Waals surface area (Å²) in [6.07, 6.45) is 3.75. The number of aryl methyl sites for hydroxylation is 1. The van der Waals surface area contributed by atoms with Crippen molar-refractivity contribution in [1.29, 1.82) is 0 Å². The zero-order chi connectivity index (χ0) is 22.3. The fourth-order valence-electron chi connectivity index (χ4n) is 3.94. The fraction of sp³-hybridized carbons (Fsp3) is 0.400. The van der Waals surface area contributed by atoms with Gasteiger partial charge in [-0.15, -0.1) is 24.0 Å². The number of aromatic nitrogens is 1. The standard InChI is InChI=1S/C25H31FN4O2.HI/c1-17-3-4-20(24(11-17)32-16-18-8-10-31-15-18)14-30-25(27-2)28-9-7-19-13-29-23-6-5-21(26)12-22(19)23;/h3-6,11-13,18,29H,7-10,14-16H2,1-2H3,(H2,27,28,30);1H. The lowest BCUT2D eigenvalue weighted by atomic mass is 10.1. The van der Waals surface area contributed by atoms with Crippen molar-refractivity contribution in [3.63, 3.8) is 0 Å². The van der Waals surface area contributed by atoms with E-state index in [-0.39, 0.29) is 29.8 Å². The zero-order valence-electron chi connectivity index (χ0n) is 19.1. The Bertz CT molecular complexity index is 1080. The fourth-order valence-corrected chi connectivity index (χ4v) is 3.94. The molecule has 33 heavy (non-hydrogen) atoms. The summed E-state index contributed by atoms with van der Waals surface area (Å²) in [5, 5.41) is 7.63. The Hall–Kier alpha value is -2.33. The second-order valence-electron chi connectivity index (χ2n) is 8.26. The van der Waals surface area contributed by atoms with Crippen LogP contribution in [0.15, 0.2) is 47.6 Å². The van der Waals surface area contributed by atoms with E-state index in [1.807, 2.05) is 6.20 Å². The number of aliphatic imine (C=N–C) groups is 1. The molecular formula is C25H32FIN4O2. The van der Waals surface area contributed by atoms with E-state index in [1.54, 1.807) is 19.2 Å². The van der Waals surface area contributed by atoms with Crippen molar-refractivity contribution in [1.82, 2.24) is 15.6 Å². The smallest absolute Gasteiger partial charge is 0.191 e. The van der Waals surface area contributed by atoms with Gasteiger partial charge in [0.1, 0.15) is 11.6 Å². The van der Waals surface area contributed by atoms with Crippen molar-refractivity contribution in [2.75, 3.05) is 33.4 Å². The van der Waals surface area contributed by atoms with Gasteiger partial charge in [-0.3, -0.25) is 4.99 Å². The molecule has 1 atom stereocenters. The normalized spacial score (nSPS) is 16.0. The first kappa shape index (κ1) is 25.3. The summed E-state index contributed by atoms with van der Waals surface area (Å²) < 4.78 is 25.2. The Kier molecular flexibility index (Phi) is 9.37. The van der Waals surface area contributed by atoms with Crippen LogP contribution in [0.1, 0.15) is 23.1 Å². The molecule has 3 aromatic rings. The predicted molar refractivity (Wildman–Crippen MR) is 141 cm³/mol. The molecule has 1 saturated heterocycles. The second-order valence-corrected chi connectivity index (χ2v) is 8.26. The molecule has 1 fully saturated rings. The first-order valence-corrected chi connectivity index (χ1v) is 11.1. The molecule has 6 nitrogen and oxygen atoms in total. The third kappa shape index (κ3) is 6.83. The van der Waals surface area contributed by atoms with Gasteiger partial charge in [0, 0.05) is 55.3 Å². The van der Waals surface area contributed by atoms with Gasteiger partial charge in [0.15, 0.2) is 5.96 Å². The highest BCUT2D eigenvalue weighted by molar-refractivity contribution is 14.0. The molecule has 1 unspecified atom stereocenters. The summed E-state index contributed by atoms with van der Waals surface area (Å²) in [6, 6.07) is 11.1. The molecule has 0 radical (unpaired) electrons. The van der Waals surface area contributed by atoms with Crippen LogP contribution in [-0.2, 0) is 17.7 Å². The van der Waals surface area contributed by atoms with Crippen LogP contribution in [0.3, 0.4) is 0 Å². The van der Waals surface area contributed by atoms with Gasteiger partial charge in [0.25, 0.3) is 0 Å². The summed E-state index contributed by atoms with van der Waals surface area (Å²) in [4.78, 5) is 7.52. The van der Waals surface area contributed by atoms with Crippen molar-refractivity contribution in [2.24, 2.45) is 10.9 Å². The minimum absolute atomic E-state index is 0. The molecule has 0 aliphatic carbocycles. The van der Waals surface area contributed by atoms with E-state index in [4.69, 9.17) is 9.47 Å². The molecule has 0 saturated carbocycles. The Morgan fingerprint density at radius 2 is 2.09 bits per heavy atom. The molecular weight excluding hydrogens is 534 g/mol. The third-order valence-corrected chi connectivity index (χ3v) is 5.81. The van der Waals surface area contributed by atoms with Gasteiger partial charge in [-0.1, -0.05) is 12.1 Å². The summed E-state index contributed by atoms with van der Waals surface area (Å²) >= 11 is 0. The Balaban J connectivity index is 0.00000306. The van der Waals surface area contributed by atoms with Crippen LogP contribution in [0.5, 0.6) is 5.75 Å². The van der Waals surface area contributed by atoms with Crippen LogP contribution >= 0.6 is 24.0 Å². The summed E-state index contributed by atoms with van der Waals surface area (Å²) in [6.45, 7) is 5.63. The van der Waals surface area contributed by atoms with Gasteiger partial charge in [0.05, 0.1) is 13.2 Å². The van der Waals surface area contributed by atoms with Gasteiger partial charge >= 0.3 is 0 Å². The average Bonchev–Trinajstić information content (AvgIpc) is 3.45. The number of halogens is 2. The van der Waals surface area contributed by atoms with Crippen molar-refractivity contribution in [3.8, 4) is 5.75 Å². The SMILES string of the molecule is CN=C(NCCc1c[nH]c2ccc(F)cc12)NCc1ccc(C)cc1OCC1CCOC1.I. The zero-order valence-corrected chi connectivity index (χ0v) is 21.4. The highest BCUT2D eigenvalue weighted by atomic mass is 127. The van der Waals surface area contributed by atoms with Gasteiger partial charge in [-0.05, 0) is 55.2 Å². The lowest BCUT2D eigenvalue weighted by molar-refractivity contribution is 0.166. The van der Waals surface area contributed by atoms with E-state index < -0.39 is 0 Å². The first-order valence-electron chi connectivity index (χ1n) is 11.1. The predicted octanol–water partition coefficient (Wildman–Crippen LogP) is 4.56. The number of fused-ring (bicyclic) bond motifs is 1. The number of guanidine groups is 1. The van der Waals surface area contributed by atoms with Crippen LogP contribution in [-0.4, -0.2) is 44.4 Å². The van der Waals surface area contributed by atoms with E-state index in [1.165, 1.54) is 11.6 Å². The van der Waals surface area contributed by atoms with Crippen LogP contribution in [0.25, 0.3) is 10.9 Å². The molecule has 4 rings (SSSR count). The molecule has 8 heteroatoms. The number of nitrogens with one attached hydrogen (secondary N) is 3. The number of hydrogen-bond donors (Lipinski definition) is 3. The topological polar surface area (TPSA) is 70.7 Å². The monoisotopic (exact) mass is 566 g/mol. The van der Waals surface area contributed by atoms with E-state index in [0.717, 1.165) is 53.8 Å². The highest BCUT2D eigenvalue weighted by Gasteiger charge is 2.17. The highest BCUT2D eigenvalue weighted by Crippen LogP contribution is 2.23. The van der Waals surface area contributed by atoms with Gasteiger partial charge in [-0.2, -0.15) is 0 Å². The lowest BCUT2D eigenvalue weighted by Crippen LogP contribution is -2.38. The van der Waals surface area contributed by atoms with Crippen LogP contribution in [0, 0.1) is 18.7 Å². The van der Waals surface area contributed by atoms with Crippen LogP contribution < -0.4 is 15.4 Å². The minimum atomic E-state index is -0.222. The summed E-state index contributed by atoms with van der Waals surface area (Å²) in [7, 11) is 1.75. The van der Waals surface area contributed by atoms with Crippen molar-refractivity contribution < 1.29 is 13.9 Å². The van der Waals surface area contributed by atoms with Crippen molar-refractivity contribution in [3.05, 3.63) is 65.1 Å². The van der Waals surface area contributed by atoms with Crippen molar-refractivity contribution in [2.45, 2.75) is 26.3 Å². The molecule has 0 bridgehead atoms. The molecule has 178 valence electrons. The summed E-state index contributed by atoms with van der Waals surface area (Å²) in [5.74, 6) is 1.86. The largest absolute Gasteiger partial charge is 0.493 e. The van der Waals surface area contributed by atoms with E-state index in [2.05, 4.69) is 45.7 Å². The number of benzene rings is 2. The van der Waals surface area contributed by atoms with Crippen LogP contribution in [0.4, 0.5) is 4.39 Å². The maximum absolute atomic E-state index is 13.6. The number of H-pyrrole nitrogens is 1. The second kappa shape index (κ2) is 12.2. The molecule has 0 amide bonds. The lowest BCUT2D eigenvalue weighted by Gasteiger charge is -2.17. The quantitative estimate of drug-likeness (QED) is 0.213.